The zero-order valence-corrected chi connectivity index (χ0v) is 19.7. The van der Waals surface area contributed by atoms with Crippen molar-refractivity contribution in [1.29, 1.82) is 0 Å². The van der Waals surface area contributed by atoms with E-state index < -0.39 is 21.9 Å². The number of hydrogen-bond donors (Lipinski definition) is 1. The second-order valence-electron chi connectivity index (χ2n) is 7.95. The summed E-state index contributed by atoms with van der Waals surface area (Å²) in [5.74, 6) is -0.873. The van der Waals surface area contributed by atoms with Gasteiger partial charge < -0.3 is 14.8 Å². The van der Waals surface area contributed by atoms with Gasteiger partial charge in [-0.2, -0.15) is 4.31 Å². The lowest BCUT2D eigenvalue weighted by molar-refractivity contribution is 0.0601. The molecular weight excluding hydrogens is 452 g/mol. The Hall–Kier alpha value is -2.27. The minimum atomic E-state index is -3.68. The number of fused-ring (bicyclic) bond motifs is 1. The van der Waals surface area contributed by atoms with Gasteiger partial charge in [-0.1, -0.05) is 0 Å². The molecule has 8 nitrogen and oxygen atoms in total. The molecule has 1 saturated heterocycles. The molecule has 1 aromatic carbocycles. The molecule has 4 rings (SSSR count). The number of thiophene rings is 1. The van der Waals surface area contributed by atoms with Gasteiger partial charge in [0.25, 0.3) is 5.91 Å². The highest BCUT2D eigenvalue weighted by Gasteiger charge is 2.29. The number of methoxy groups -OCH3 is 1. The number of likely N-dealkylation sites (N-methyl/N-ethyl adjacent to an activating group) is 1. The molecule has 1 aliphatic heterocycles. The standard InChI is InChI=1S/C22H26N2O6S2/c1-24(13-15-5-4-12-30-15)32(27,28)16-10-8-14(9-11-16)20(25)23-21-19(22(26)29-2)17-6-3-7-18(17)31-21/h8-11,15H,3-7,12-13H2,1-2H3,(H,23,25). The number of nitrogens with one attached hydrogen (secondary N) is 1. The highest BCUT2D eigenvalue weighted by molar-refractivity contribution is 7.89. The van der Waals surface area contributed by atoms with Crippen molar-refractivity contribution in [2.45, 2.75) is 43.1 Å². The maximum Gasteiger partial charge on any atom is 0.341 e. The molecule has 0 spiro atoms. The number of carbonyl (C=O) groups is 2. The van der Waals surface area contributed by atoms with Crippen LogP contribution >= 0.6 is 11.3 Å². The van der Waals surface area contributed by atoms with E-state index >= 15 is 0 Å². The fourth-order valence-electron chi connectivity index (χ4n) is 4.12. The lowest BCUT2D eigenvalue weighted by atomic mass is 10.1. The molecule has 32 heavy (non-hydrogen) atoms. The van der Waals surface area contributed by atoms with E-state index in [9.17, 15) is 18.0 Å². The second-order valence-corrected chi connectivity index (χ2v) is 11.1. The second kappa shape index (κ2) is 9.30. The fraction of sp³-hybridized carbons (Fsp3) is 0.455. The molecule has 2 aliphatic rings. The Morgan fingerprint density at radius 1 is 1.22 bits per heavy atom. The summed E-state index contributed by atoms with van der Waals surface area (Å²) in [6.45, 7) is 0.956. The molecule has 0 bridgehead atoms. The maximum atomic E-state index is 12.8. The number of carbonyl (C=O) groups excluding carboxylic acids is 2. The Bertz CT molecular complexity index is 1120. The number of ether oxygens (including phenoxy) is 2. The summed E-state index contributed by atoms with van der Waals surface area (Å²) in [7, 11) is -0.834. The number of rotatable bonds is 7. The summed E-state index contributed by atoms with van der Waals surface area (Å²) in [5, 5.41) is 3.27. The maximum absolute atomic E-state index is 12.8. The SMILES string of the molecule is COC(=O)c1c(NC(=O)c2ccc(S(=O)(=O)N(C)CC3CCCO3)cc2)sc2c1CCC2. The fourth-order valence-corrected chi connectivity index (χ4v) is 6.59. The number of benzene rings is 1. The lowest BCUT2D eigenvalue weighted by Crippen LogP contribution is -2.34. The van der Waals surface area contributed by atoms with Crippen LogP contribution < -0.4 is 5.32 Å². The first kappa shape index (κ1) is 22.9. The van der Waals surface area contributed by atoms with Crippen molar-refractivity contribution >= 4 is 38.2 Å². The smallest absolute Gasteiger partial charge is 0.341 e. The zero-order valence-electron chi connectivity index (χ0n) is 18.0. The van der Waals surface area contributed by atoms with Crippen LogP contribution in [0, 0.1) is 0 Å². The van der Waals surface area contributed by atoms with Crippen molar-refractivity contribution in [3.63, 3.8) is 0 Å². The molecule has 1 N–H and O–H groups in total. The predicted molar refractivity (Wildman–Crippen MR) is 121 cm³/mol. The summed E-state index contributed by atoms with van der Waals surface area (Å²) in [6.07, 6.45) is 4.35. The molecule has 1 aromatic heterocycles. The minimum absolute atomic E-state index is 0.0868. The average Bonchev–Trinajstić information content (AvgIpc) is 3.51. The van der Waals surface area contributed by atoms with Crippen LogP contribution in [0.2, 0.25) is 0 Å². The first-order valence-corrected chi connectivity index (χ1v) is 12.8. The van der Waals surface area contributed by atoms with Crippen LogP contribution in [0.15, 0.2) is 29.2 Å². The lowest BCUT2D eigenvalue weighted by Gasteiger charge is -2.20. The van der Waals surface area contributed by atoms with Gasteiger partial charge in [0.2, 0.25) is 10.0 Å². The van der Waals surface area contributed by atoms with Crippen LogP contribution in [0.1, 0.15) is 50.4 Å². The van der Waals surface area contributed by atoms with Gasteiger partial charge in [-0.3, -0.25) is 4.79 Å². The van der Waals surface area contributed by atoms with Crippen LogP contribution in [-0.4, -0.2) is 58.0 Å². The van der Waals surface area contributed by atoms with Gasteiger partial charge in [0.1, 0.15) is 5.00 Å². The van der Waals surface area contributed by atoms with Gasteiger partial charge in [0, 0.05) is 30.6 Å². The van der Waals surface area contributed by atoms with Crippen molar-refractivity contribution in [3.05, 3.63) is 45.8 Å². The zero-order chi connectivity index (χ0) is 22.9. The van der Waals surface area contributed by atoms with Crippen LogP contribution in [0.3, 0.4) is 0 Å². The summed E-state index contributed by atoms with van der Waals surface area (Å²) in [5.41, 5.74) is 1.68. The molecule has 1 aliphatic carbocycles. The van der Waals surface area contributed by atoms with Crippen LogP contribution in [0.25, 0.3) is 0 Å². The van der Waals surface area contributed by atoms with E-state index in [4.69, 9.17) is 9.47 Å². The highest BCUT2D eigenvalue weighted by Crippen LogP contribution is 2.39. The Kier molecular flexibility index (Phi) is 6.66. The van der Waals surface area contributed by atoms with Gasteiger partial charge in [-0.05, 0) is 61.9 Å². The molecule has 2 heterocycles. The van der Waals surface area contributed by atoms with Gasteiger partial charge in [-0.15, -0.1) is 11.3 Å². The molecule has 0 saturated carbocycles. The van der Waals surface area contributed by atoms with Crippen LogP contribution in [0.5, 0.6) is 0 Å². The van der Waals surface area contributed by atoms with Crippen molar-refractivity contribution < 1.29 is 27.5 Å². The minimum Gasteiger partial charge on any atom is -0.465 e. The summed E-state index contributed by atoms with van der Waals surface area (Å²) < 4.78 is 37.4. The number of sulfonamides is 1. The van der Waals surface area contributed by atoms with Gasteiger partial charge in [0.15, 0.2) is 0 Å². The Labute approximate surface area is 191 Å². The molecule has 0 radical (unpaired) electrons. The molecule has 1 fully saturated rings. The summed E-state index contributed by atoms with van der Waals surface area (Å²) in [6, 6.07) is 5.79. The van der Waals surface area contributed by atoms with E-state index in [0.29, 0.717) is 29.3 Å². The van der Waals surface area contributed by atoms with Crippen LogP contribution in [-0.2, 0) is 32.3 Å². The molecule has 172 valence electrons. The molecule has 2 aromatic rings. The van der Waals surface area contributed by atoms with Crippen molar-refractivity contribution in [1.82, 2.24) is 4.31 Å². The Morgan fingerprint density at radius 3 is 2.62 bits per heavy atom. The van der Waals surface area contributed by atoms with E-state index in [2.05, 4.69) is 5.32 Å². The van der Waals surface area contributed by atoms with Gasteiger partial charge >= 0.3 is 5.97 Å². The Balaban J connectivity index is 1.49. The monoisotopic (exact) mass is 478 g/mol. The van der Waals surface area contributed by atoms with E-state index in [1.54, 1.807) is 0 Å². The molecule has 1 atom stereocenters. The van der Waals surface area contributed by atoms with Crippen molar-refractivity contribution in [2.75, 3.05) is 32.6 Å². The third kappa shape index (κ3) is 4.45. The topological polar surface area (TPSA) is 102 Å². The van der Waals surface area contributed by atoms with Gasteiger partial charge in [0.05, 0.1) is 23.7 Å². The quantitative estimate of drug-likeness (QED) is 0.614. The number of hydrogen-bond acceptors (Lipinski definition) is 7. The van der Waals surface area contributed by atoms with Gasteiger partial charge in [-0.25, -0.2) is 13.2 Å². The highest BCUT2D eigenvalue weighted by atomic mass is 32.2. The molecular formula is C22H26N2O6S2. The normalized spacial score (nSPS) is 18.0. The summed E-state index contributed by atoms with van der Waals surface area (Å²) in [4.78, 5) is 26.3. The predicted octanol–water partition coefficient (Wildman–Crippen LogP) is 3.08. The van der Waals surface area contributed by atoms with Crippen molar-refractivity contribution in [3.8, 4) is 0 Å². The molecule has 1 amide bonds. The number of nitrogens with zero attached hydrogens (tertiary/aromatic N) is 1. The average molecular weight is 479 g/mol. The number of anilines is 1. The number of esters is 1. The van der Waals surface area contributed by atoms with Crippen molar-refractivity contribution in [2.24, 2.45) is 0 Å². The Morgan fingerprint density at radius 2 is 1.97 bits per heavy atom. The third-order valence-corrected chi connectivity index (χ3v) is 8.89. The van der Waals surface area contributed by atoms with E-state index in [1.165, 1.54) is 54.1 Å². The third-order valence-electron chi connectivity index (χ3n) is 5.85. The largest absolute Gasteiger partial charge is 0.465 e. The molecule has 10 heteroatoms. The van der Waals surface area contributed by atoms with Crippen LogP contribution in [0.4, 0.5) is 5.00 Å². The van der Waals surface area contributed by atoms with E-state index in [0.717, 1.165) is 42.5 Å². The molecule has 1 unspecified atom stereocenters. The first-order valence-electron chi connectivity index (χ1n) is 10.5. The number of amides is 1. The van der Waals surface area contributed by atoms with E-state index in [-0.39, 0.29) is 11.0 Å². The number of aryl methyl sites for hydroxylation is 1. The summed E-state index contributed by atoms with van der Waals surface area (Å²) >= 11 is 1.39. The first-order chi connectivity index (χ1) is 15.3. The van der Waals surface area contributed by atoms with E-state index in [1.807, 2.05) is 0 Å².